The standard InChI is InChI=1S/C28H38ClN4O7P/c1-4-7-17-38-28(36)33-15-13-32(14-16-33)27(35)25(20-41(37,39-5-2)40-6-3)31-26(34)24-19-22(29)18-23(30-24)21-11-9-8-10-12-21/h8-12,18-19,25H,4-7,13-17,20H2,1-3H3,(H,31,34). The van der Waals surface area contributed by atoms with Crippen molar-refractivity contribution in [2.45, 2.75) is 39.7 Å². The SMILES string of the molecule is CCCCOC(=O)N1CCN(C(=O)C(CP(=O)(OCC)OCC)NC(=O)c2cc(Cl)cc(-c3ccccc3)n2)CC1. The highest BCUT2D eigenvalue weighted by Crippen LogP contribution is 2.48. The maximum absolute atomic E-state index is 13.7. The van der Waals surface area contributed by atoms with E-state index in [9.17, 15) is 18.9 Å². The van der Waals surface area contributed by atoms with Crippen LogP contribution in [0.5, 0.6) is 0 Å². The molecule has 1 aliphatic rings. The van der Waals surface area contributed by atoms with Crippen LogP contribution in [0.1, 0.15) is 44.1 Å². The molecule has 1 atom stereocenters. The predicted molar refractivity (Wildman–Crippen MR) is 156 cm³/mol. The number of pyridine rings is 1. The van der Waals surface area contributed by atoms with Crippen molar-refractivity contribution in [2.24, 2.45) is 0 Å². The Kier molecular flexibility index (Phi) is 12.6. The molecule has 2 aromatic rings. The topological polar surface area (TPSA) is 127 Å². The van der Waals surface area contributed by atoms with Crippen LogP contribution in [0.4, 0.5) is 4.79 Å². The molecule has 1 aromatic heterocycles. The fourth-order valence-corrected chi connectivity index (χ4v) is 6.25. The molecule has 41 heavy (non-hydrogen) atoms. The summed E-state index contributed by atoms with van der Waals surface area (Å²) in [6.07, 6.45) is 0.896. The summed E-state index contributed by atoms with van der Waals surface area (Å²) in [7, 11) is -3.73. The van der Waals surface area contributed by atoms with Gasteiger partial charge in [0.05, 0.1) is 31.7 Å². The van der Waals surface area contributed by atoms with E-state index in [1.807, 2.05) is 37.3 Å². The average Bonchev–Trinajstić information content (AvgIpc) is 2.97. The molecular weight excluding hydrogens is 571 g/mol. The minimum absolute atomic E-state index is 0.00329. The number of nitrogens with one attached hydrogen (secondary N) is 1. The van der Waals surface area contributed by atoms with Crippen molar-refractivity contribution < 1.29 is 32.7 Å². The van der Waals surface area contributed by atoms with Crippen molar-refractivity contribution in [1.82, 2.24) is 20.1 Å². The monoisotopic (exact) mass is 608 g/mol. The first-order chi connectivity index (χ1) is 19.7. The molecule has 0 saturated carbocycles. The van der Waals surface area contributed by atoms with Crippen molar-refractivity contribution >= 4 is 37.1 Å². The summed E-state index contributed by atoms with van der Waals surface area (Å²) < 4.78 is 29.5. The molecule has 0 bridgehead atoms. The van der Waals surface area contributed by atoms with Gasteiger partial charge in [0.15, 0.2) is 0 Å². The third kappa shape index (κ3) is 9.53. The Balaban J connectivity index is 1.79. The fraction of sp³-hybridized carbons (Fsp3) is 0.500. The Morgan fingerprint density at radius 3 is 2.24 bits per heavy atom. The first kappa shape index (κ1) is 32.5. The predicted octanol–water partition coefficient (Wildman–Crippen LogP) is 4.85. The summed E-state index contributed by atoms with van der Waals surface area (Å²) in [6, 6.07) is 11.0. The van der Waals surface area contributed by atoms with Gasteiger partial charge < -0.3 is 28.9 Å². The van der Waals surface area contributed by atoms with E-state index in [-0.39, 0.29) is 51.2 Å². The molecule has 0 radical (unpaired) electrons. The summed E-state index contributed by atoms with van der Waals surface area (Å²) in [5.41, 5.74) is 1.25. The summed E-state index contributed by atoms with van der Waals surface area (Å²) >= 11 is 6.31. The van der Waals surface area contributed by atoms with Gasteiger partial charge in [-0.1, -0.05) is 55.3 Å². The minimum Gasteiger partial charge on any atom is -0.449 e. The van der Waals surface area contributed by atoms with Crippen LogP contribution in [-0.2, 0) is 23.1 Å². The van der Waals surface area contributed by atoms with Crippen LogP contribution in [0.15, 0.2) is 42.5 Å². The Bertz CT molecular complexity index is 1220. The maximum Gasteiger partial charge on any atom is 0.409 e. The first-order valence-corrected chi connectivity index (χ1v) is 15.9. The zero-order valence-corrected chi connectivity index (χ0v) is 25.4. The second-order valence-corrected chi connectivity index (χ2v) is 11.9. The second kappa shape index (κ2) is 15.9. The fourth-order valence-electron chi connectivity index (χ4n) is 4.27. The Morgan fingerprint density at radius 2 is 1.63 bits per heavy atom. The lowest BCUT2D eigenvalue weighted by molar-refractivity contribution is -0.134. The number of carbonyl (C=O) groups is 3. The number of aromatic nitrogens is 1. The summed E-state index contributed by atoms with van der Waals surface area (Å²) in [4.78, 5) is 46.9. The van der Waals surface area contributed by atoms with Gasteiger partial charge in [0, 0.05) is 36.8 Å². The molecule has 0 aliphatic carbocycles. The molecule has 1 aromatic carbocycles. The molecule has 13 heteroatoms. The lowest BCUT2D eigenvalue weighted by Gasteiger charge is -2.36. The lowest BCUT2D eigenvalue weighted by Crippen LogP contribution is -2.57. The molecule has 224 valence electrons. The van der Waals surface area contributed by atoms with E-state index in [1.54, 1.807) is 24.8 Å². The molecule has 1 unspecified atom stereocenters. The molecule has 11 nitrogen and oxygen atoms in total. The number of hydrogen-bond donors (Lipinski definition) is 1. The van der Waals surface area contributed by atoms with Crippen molar-refractivity contribution in [3.8, 4) is 11.3 Å². The summed E-state index contributed by atoms with van der Waals surface area (Å²) in [6.45, 7) is 6.85. The van der Waals surface area contributed by atoms with Gasteiger partial charge >= 0.3 is 13.7 Å². The van der Waals surface area contributed by atoms with Crippen LogP contribution < -0.4 is 5.32 Å². The normalized spacial score (nSPS) is 14.4. The number of amides is 3. The smallest absolute Gasteiger partial charge is 0.409 e. The molecular formula is C28H38ClN4O7P. The number of carbonyl (C=O) groups excluding carboxylic acids is 3. The minimum atomic E-state index is -3.73. The van der Waals surface area contributed by atoms with Crippen molar-refractivity contribution in [3.63, 3.8) is 0 Å². The number of hydrogen-bond acceptors (Lipinski definition) is 8. The van der Waals surface area contributed by atoms with Crippen LogP contribution in [0, 0.1) is 0 Å². The molecule has 1 N–H and O–H groups in total. The van der Waals surface area contributed by atoms with Gasteiger partial charge in [-0.3, -0.25) is 14.2 Å². The van der Waals surface area contributed by atoms with Gasteiger partial charge in [-0.25, -0.2) is 9.78 Å². The van der Waals surface area contributed by atoms with Crippen LogP contribution in [0.3, 0.4) is 0 Å². The number of rotatable bonds is 13. The Hall–Kier alpha value is -2.98. The number of benzene rings is 1. The summed E-state index contributed by atoms with van der Waals surface area (Å²) in [5, 5.41) is 2.98. The van der Waals surface area contributed by atoms with E-state index in [1.165, 1.54) is 11.0 Å². The maximum atomic E-state index is 13.7. The van der Waals surface area contributed by atoms with Gasteiger partial charge in [-0.15, -0.1) is 0 Å². The van der Waals surface area contributed by atoms with Crippen LogP contribution in [-0.4, -0.2) is 90.9 Å². The van der Waals surface area contributed by atoms with E-state index in [4.69, 9.17) is 25.4 Å². The largest absolute Gasteiger partial charge is 0.449 e. The van der Waals surface area contributed by atoms with Crippen LogP contribution in [0.25, 0.3) is 11.3 Å². The van der Waals surface area contributed by atoms with Crippen LogP contribution in [0.2, 0.25) is 5.02 Å². The van der Waals surface area contributed by atoms with Crippen molar-refractivity contribution in [2.75, 3.05) is 52.2 Å². The summed E-state index contributed by atoms with van der Waals surface area (Å²) in [5.74, 6) is -1.14. The van der Waals surface area contributed by atoms with Gasteiger partial charge in [0.1, 0.15) is 11.7 Å². The molecule has 1 saturated heterocycles. The third-order valence-electron chi connectivity index (χ3n) is 6.33. The Morgan fingerprint density at radius 1 is 1.00 bits per heavy atom. The van der Waals surface area contributed by atoms with Gasteiger partial charge in [-0.05, 0) is 32.4 Å². The van der Waals surface area contributed by atoms with Crippen molar-refractivity contribution in [1.29, 1.82) is 0 Å². The number of nitrogens with zero attached hydrogens (tertiary/aromatic N) is 3. The van der Waals surface area contributed by atoms with E-state index >= 15 is 0 Å². The van der Waals surface area contributed by atoms with E-state index in [2.05, 4.69) is 10.3 Å². The second-order valence-electron chi connectivity index (χ2n) is 9.36. The number of piperazine rings is 1. The highest BCUT2D eigenvalue weighted by Gasteiger charge is 2.37. The highest BCUT2D eigenvalue weighted by molar-refractivity contribution is 7.54. The van der Waals surface area contributed by atoms with E-state index in [0.717, 1.165) is 18.4 Å². The van der Waals surface area contributed by atoms with Crippen molar-refractivity contribution in [3.05, 3.63) is 53.2 Å². The lowest BCUT2D eigenvalue weighted by atomic mass is 10.1. The van der Waals surface area contributed by atoms with Gasteiger partial charge in [0.2, 0.25) is 5.91 Å². The third-order valence-corrected chi connectivity index (χ3v) is 8.66. The molecule has 1 aliphatic heterocycles. The average molecular weight is 609 g/mol. The zero-order chi connectivity index (χ0) is 29.8. The highest BCUT2D eigenvalue weighted by atomic mass is 35.5. The molecule has 0 spiro atoms. The number of unbranched alkanes of at least 4 members (excludes halogenated alkanes) is 1. The van der Waals surface area contributed by atoms with Gasteiger partial charge in [0.25, 0.3) is 5.91 Å². The quantitative estimate of drug-likeness (QED) is 0.253. The molecule has 3 rings (SSSR count). The first-order valence-electron chi connectivity index (χ1n) is 13.8. The van der Waals surface area contributed by atoms with E-state index in [0.29, 0.717) is 17.3 Å². The Labute approximate surface area is 246 Å². The zero-order valence-electron chi connectivity index (χ0n) is 23.7. The van der Waals surface area contributed by atoms with E-state index < -0.39 is 31.5 Å². The molecule has 3 amide bonds. The molecule has 2 heterocycles. The van der Waals surface area contributed by atoms with Gasteiger partial charge in [-0.2, -0.15) is 0 Å². The number of ether oxygens (including phenoxy) is 1. The number of halogens is 1. The van der Waals surface area contributed by atoms with Crippen LogP contribution >= 0.6 is 19.2 Å². The molecule has 1 fully saturated rings.